The maximum Gasteiger partial charge on any atom is 0.100 e. The Morgan fingerprint density at radius 2 is 2.17 bits per heavy atom. The van der Waals surface area contributed by atoms with Gasteiger partial charge in [-0.25, -0.2) is 0 Å². The van der Waals surface area contributed by atoms with Crippen LogP contribution in [0.5, 0.6) is 0 Å². The highest BCUT2D eigenvalue weighted by Crippen LogP contribution is 2.40. The van der Waals surface area contributed by atoms with E-state index < -0.39 is 5.60 Å². The summed E-state index contributed by atoms with van der Waals surface area (Å²) in [6.07, 6.45) is 4.12. The minimum absolute atomic E-state index is 0.536. The van der Waals surface area contributed by atoms with E-state index in [-0.39, 0.29) is 0 Å². The third kappa shape index (κ3) is 1.27. The highest BCUT2D eigenvalue weighted by Gasteiger charge is 2.34. The molecule has 66 valence electrons. The average molecular weight is 183 g/mol. The van der Waals surface area contributed by atoms with Crippen molar-refractivity contribution in [3.63, 3.8) is 0 Å². The van der Waals surface area contributed by atoms with Crippen LogP contribution in [0.2, 0.25) is 0 Å². The first kappa shape index (κ1) is 8.20. The van der Waals surface area contributed by atoms with Crippen molar-refractivity contribution in [3.8, 4) is 0 Å². The Kier molecular flexibility index (Phi) is 1.93. The van der Waals surface area contributed by atoms with Crippen LogP contribution in [0.3, 0.4) is 0 Å². The molecule has 2 nitrogen and oxygen atoms in total. The van der Waals surface area contributed by atoms with Crippen molar-refractivity contribution in [2.24, 2.45) is 0 Å². The van der Waals surface area contributed by atoms with Gasteiger partial charge in [-0.05, 0) is 37.4 Å². The number of aliphatic hydroxyl groups is 1. The first-order chi connectivity index (χ1) is 5.71. The predicted octanol–water partition coefficient (Wildman–Crippen LogP) is 2.21. The van der Waals surface area contributed by atoms with Crippen molar-refractivity contribution in [1.29, 1.82) is 0 Å². The molecule has 12 heavy (non-hydrogen) atoms. The van der Waals surface area contributed by atoms with Crippen LogP contribution in [0, 0.1) is 6.92 Å². The van der Waals surface area contributed by atoms with E-state index in [0.29, 0.717) is 0 Å². The van der Waals surface area contributed by atoms with Crippen molar-refractivity contribution >= 4 is 11.5 Å². The molecule has 0 atom stereocenters. The fraction of sp³-hybridized carbons (Fsp3) is 0.667. The van der Waals surface area contributed by atoms with E-state index in [4.69, 9.17) is 0 Å². The zero-order valence-corrected chi connectivity index (χ0v) is 8.02. The maximum atomic E-state index is 10.1. The molecular weight excluding hydrogens is 170 g/mol. The predicted molar refractivity (Wildman–Crippen MR) is 49.2 cm³/mol. The molecule has 0 amide bonds. The molecule has 1 N–H and O–H groups in total. The van der Waals surface area contributed by atoms with Crippen LogP contribution >= 0.6 is 11.5 Å². The Morgan fingerprint density at radius 3 is 2.67 bits per heavy atom. The van der Waals surface area contributed by atoms with Crippen molar-refractivity contribution in [2.45, 2.75) is 38.2 Å². The van der Waals surface area contributed by atoms with Gasteiger partial charge in [0.25, 0.3) is 0 Å². The van der Waals surface area contributed by atoms with E-state index >= 15 is 0 Å². The molecule has 1 saturated carbocycles. The molecule has 0 aromatic carbocycles. The van der Waals surface area contributed by atoms with Crippen LogP contribution in [-0.4, -0.2) is 9.48 Å². The summed E-state index contributed by atoms with van der Waals surface area (Å²) < 4.78 is 4.19. The molecule has 0 unspecified atom stereocenters. The van der Waals surface area contributed by atoms with Crippen LogP contribution in [0.15, 0.2) is 6.07 Å². The van der Waals surface area contributed by atoms with E-state index in [0.717, 1.165) is 36.3 Å². The van der Waals surface area contributed by atoms with Crippen LogP contribution in [-0.2, 0) is 5.60 Å². The zero-order valence-electron chi connectivity index (χ0n) is 7.21. The molecule has 1 aliphatic carbocycles. The third-order valence-corrected chi connectivity index (χ3v) is 3.59. The van der Waals surface area contributed by atoms with Gasteiger partial charge in [-0.2, -0.15) is 4.37 Å². The van der Waals surface area contributed by atoms with Crippen molar-refractivity contribution < 1.29 is 5.11 Å². The minimum Gasteiger partial charge on any atom is -0.384 e. The van der Waals surface area contributed by atoms with Gasteiger partial charge in [0.15, 0.2) is 0 Å². The summed E-state index contributed by atoms with van der Waals surface area (Å²) in [5, 5.41) is 10.1. The van der Waals surface area contributed by atoms with E-state index in [2.05, 4.69) is 4.37 Å². The van der Waals surface area contributed by atoms with Crippen molar-refractivity contribution in [3.05, 3.63) is 16.6 Å². The normalized spacial score (nSPS) is 21.5. The van der Waals surface area contributed by atoms with Gasteiger partial charge in [-0.15, -0.1) is 0 Å². The Hall–Kier alpha value is -0.410. The van der Waals surface area contributed by atoms with Crippen LogP contribution < -0.4 is 0 Å². The van der Waals surface area contributed by atoms with Gasteiger partial charge < -0.3 is 5.11 Å². The van der Waals surface area contributed by atoms with Crippen LogP contribution in [0.25, 0.3) is 0 Å². The molecule has 1 aliphatic rings. The molecule has 3 heteroatoms. The minimum atomic E-state index is -0.536. The SMILES string of the molecule is Cc1cc(C2(O)CCCC2)sn1. The molecule has 1 heterocycles. The zero-order chi connectivity index (χ0) is 8.60. The molecular formula is C9H13NOS. The number of hydrogen-bond acceptors (Lipinski definition) is 3. The molecule has 0 aliphatic heterocycles. The summed E-state index contributed by atoms with van der Waals surface area (Å²) >= 11 is 1.45. The van der Waals surface area contributed by atoms with Crippen molar-refractivity contribution in [1.82, 2.24) is 4.37 Å². The first-order valence-electron chi connectivity index (χ1n) is 4.37. The van der Waals surface area contributed by atoms with Crippen molar-refractivity contribution in [2.75, 3.05) is 0 Å². The fourth-order valence-electron chi connectivity index (χ4n) is 1.79. The lowest BCUT2D eigenvalue weighted by molar-refractivity contribution is 0.0482. The average Bonchev–Trinajstić information content (AvgIpc) is 2.59. The van der Waals surface area contributed by atoms with Crippen LogP contribution in [0.1, 0.15) is 36.3 Å². The fourth-order valence-corrected chi connectivity index (χ4v) is 2.68. The number of aryl methyl sites for hydroxylation is 1. The number of aromatic nitrogens is 1. The molecule has 1 aromatic heterocycles. The molecule has 0 radical (unpaired) electrons. The highest BCUT2D eigenvalue weighted by atomic mass is 32.1. The summed E-state index contributed by atoms with van der Waals surface area (Å²) in [6, 6.07) is 2.01. The van der Waals surface area contributed by atoms with Gasteiger partial charge in [0, 0.05) is 0 Å². The van der Waals surface area contributed by atoms with E-state index in [9.17, 15) is 5.11 Å². The Labute approximate surface area is 76.4 Å². The summed E-state index contributed by atoms with van der Waals surface area (Å²) in [7, 11) is 0. The third-order valence-electron chi connectivity index (χ3n) is 2.52. The molecule has 1 fully saturated rings. The maximum absolute atomic E-state index is 10.1. The number of nitrogens with zero attached hydrogens (tertiary/aromatic N) is 1. The molecule has 0 bridgehead atoms. The van der Waals surface area contributed by atoms with E-state index in [1.807, 2.05) is 13.0 Å². The lowest BCUT2D eigenvalue weighted by Crippen LogP contribution is -2.18. The van der Waals surface area contributed by atoms with Gasteiger partial charge in [-0.1, -0.05) is 12.8 Å². The topological polar surface area (TPSA) is 33.1 Å². The first-order valence-corrected chi connectivity index (χ1v) is 5.14. The van der Waals surface area contributed by atoms with E-state index in [1.54, 1.807) is 0 Å². The number of hydrogen-bond donors (Lipinski definition) is 1. The molecule has 1 aromatic rings. The van der Waals surface area contributed by atoms with Gasteiger partial charge in [0.2, 0.25) is 0 Å². The summed E-state index contributed by atoms with van der Waals surface area (Å²) in [5.41, 5.74) is 0.488. The van der Waals surface area contributed by atoms with Gasteiger partial charge >= 0.3 is 0 Å². The van der Waals surface area contributed by atoms with Gasteiger partial charge in [0.05, 0.1) is 10.6 Å². The second kappa shape index (κ2) is 2.82. The monoisotopic (exact) mass is 183 g/mol. The summed E-state index contributed by atoms with van der Waals surface area (Å²) in [5.74, 6) is 0. The molecule has 0 spiro atoms. The second-order valence-corrected chi connectivity index (χ2v) is 4.38. The Balaban J connectivity index is 2.28. The lowest BCUT2D eigenvalue weighted by Gasteiger charge is -2.18. The Bertz CT molecular complexity index is 276. The molecule has 0 saturated heterocycles. The number of rotatable bonds is 1. The second-order valence-electron chi connectivity index (χ2n) is 3.57. The molecule has 2 rings (SSSR count). The van der Waals surface area contributed by atoms with E-state index in [1.165, 1.54) is 11.5 Å². The highest BCUT2D eigenvalue weighted by molar-refractivity contribution is 7.06. The Morgan fingerprint density at radius 1 is 1.50 bits per heavy atom. The smallest absolute Gasteiger partial charge is 0.100 e. The van der Waals surface area contributed by atoms with Gasteiger partial charge in [0.1, 0.15) is 5.60 Å². The standard InChI is InChI=1S/C9H13NOS/c1-7-6-8(12-10-7)9(11)4-2-3-5-9/h6,11H,2-5H2,1H3. The summed E-state index contributed by atoms with van der Waals surface area (Å²) in [4.78, 5) is 1.05. The quantitative estimate of drug-likeness (QED) is 0.724. The summed E-state index contributed by atoms with van der Waals surface area (Å²) in [6.45, 7) is 1.97. The lowest BCUT2D eigenvalue weighted by atomic mass is 10.0. The van der Waals surface area contributed by atoms with Gasteiger partial charge in [-0.3, -0.25) is 0 Å². The largest absolute Gasteiger partial charge is 0.384 e. The van der Waals surface area contributed by atoms with Crippen LogP contribution in [0.4, 0.5) is 0 Å².